The van der Waals surface area contributed by atoms with Crippen molar-refractivity contribution in [3.8, 4) is 17.0 Å². The Labute approximate surface area is 90.8 Å². The molecule has 1 heterocycles. The molecule has 1 aromatic carbocycles. The Balaban J connectivity index is 2.28. The zero-order chi connectivity index (χ0) is 11.5. The topological polar surface area (TPSA) is 88.2 Å². The molecule has 82 valence electrons. The highest BCUT2D eigenvalue weighted by atomic mass is 16.4. The number of nitrogens with zero attached hydrogens (tertiary/aromatic N) is 3. The number of phenols is 1. The number of phenolic OH excluding ortho intramolecular Hbond substituents is 1. The third kappa shape index (κ3) is 2.17. The molecule has 6 heteroatoms. The van der Waals surface area contributed by atoms with Gasteiger partial charge in [0, 0.05) is 5.56 Å². The molecule has 0 saturated heterocycles. The lowest BCUT2D eigenvalue weighted by Gasteiger charge is -1.96. The van der Waals surface area contributed by atoms with Gasteiger partial charge in [0.05, 0.1) is 6.20 Å². The van der Waals surface area contributed by atoms with Crippen LogP contribution in [0, 0.1) is 0 Å². The second-order valence-corrected chi connectivity index (χ2v) is 3.25. The second-order valence-electron chi connectivity index (χ2n) is 3.25. The quantitative estimate of drug-likeness (QED) is 0.794. The Bertz CT molecular complexity index is 522. The molecule has 0 saturated carbocycles. The minimum Gasteiger partial charge on any atom is -0.508 e. The first-order chi connectivity index (χ1) is 7.65. The van der Waals surface area contributed by atoms with E-state index in [2.05, 4.69) is 10.3 Å². The van der Waals surface area contributed by atoms with E-state index in [0.29, 0.717) is 11.3 Å². The Morgan fingerprint density at radius 2 is 2.25 bits per heavy atom. The van der Waals surface area contributed by atoms with E-state index in [1.807, 2.05) is 0 Å². The summed E-state index contributed by atoms with van der Waals surface area (Å²) in [6.07, 6.45) is 1.52. The van der Waals surface area contributed by atoms with Gasteiger partial charge in [-0.05, 0) is 12.1 Å². The predicted molar refractivity (Wildman–Crippen MR) is 54.8 cm³/mol. The van der Waals surface area contributed by atoms with Gasteiger partial charge in [-0.15, -0.1) is 5.10 Å². The lowest BCUT2D eigenvalue weighted by molar-refractivity contribution is -0.137. The Morgan fingerprint density at radius 3 is 2.94 bits per heavy atom. The van der Waals surface area contributed by atoms with Gasteiger partial charge in [-0.25, -0.2) is 4.68 Å². The van der Waals surface area contributed by atoms with E-state index in [9.17, 15) is 9.90 Å². The number of benzene rings is 1. The van der Waals surface area contributed by atoms with Crippen molar-refractivity contribution >= 4 is 5.97 Å². The maximum absolute atomic E-state index is 10.4. The number of carboxylic acid groups (broad SMARTS) is 1. The molecular formula is C10H9N3O3. The van der Waals surface area contributed by atoms with Gasteiger partial charge in [-0.1, -0.05) is 17.3 Å². The van der Waals surface area contributed by atoms with Crippen LogP contribution in [0.15, 0.2) is 30.5 Å². The van der Waals surface area contributed by atoms with Crippen molar-refractivity contribution in [1.82, 2.24) is 15.0 Å². The molecule has 0 aliphatic heterocycles. The third-order valence-corrected chi connectivity index (χ3v) is 1.98. The average Bonchev–Trinajstić information content (AvgIpc) is 2.65. The van der Waals surface area contributed by atoms with Crippen molar-refractivity contribution in [2.24, 2.45) is 0 Å². The van der Waals surface area contributed by atoms with E-state index in [1.165, 1.54) is 16.9 Å². The van der Waals surface area contributed by atoms with Crippen molar-refractivity contribution in [1.29, 1.82) is 0 Å². The number of aromatic nitrogens is 3. The van der Waals surface area contributed by atoms with Gasteiger partial charge >= 0.3 is 5.97 Å². The fraction of sp³-hybridized carbons (Fsp3) is 0.100. The van der Waals surface area contributed by atoms with Crippen molar-refractivity contribution in [2.45, 2.75) is 6.54 Å². The van der Waals surface area contributed by atoms with Crippen molar-refractivity contribution in [3.63, 3.8) is 0 Å². The molecule has 0 atom stereocenters. The lowest BCUT2D eigenvalue weighted by atomic mass is 10.1. The molecule has 0 aliphatic rings. The monoisotopic (exact) mass is 219 g/mol. The van der Waals surface area contributed by atoms with Crippen LogP contribution < -0.4 is 0 Å². The van der Waals surface area contributed by atoms with Crippen LogP contribution in [0.25, 0.3) is 11.3 Å². The fourth-order valence-electron chi connectivity index (χ4n) is 1.31. The highest BCUT2D eigenvalue weighted by Crippen LogP contribution is 2.20. The average molecular weight is 219 g/mol. The van der Waals surface area contributed by atoms with E-state index in [0.717, 1.165) is 0 Å². The van der Waals surface area contributed by atoms with Crippen LogP contribution in [-0.4, -0.2) is 31.2 Å². The molecule has 1 aromatic heterocycles. The molecule has 0 spiro atoms. The third-order valence-electron chi connectivity index (χ3n) is 1.98. The highest BCUT2D eigenvalue weighted by molar-refractivity contribution is 5.66. The Kier molecular flexibility index (Phi) is 2.55. The SMILES string of the molecule is O=C(O)Cn1cc(-c2cccc(O)c2)nn1. The molecule has 6 nitrogen and oxygen atoms in total. The van der Waals surface area contributed by atoms with Crippen LogP contribution in [0.2, 0.25) is 0 Å². The van der Waals surface area contributed by atoms with Gasteiger partial charge in [-0.2, -0.15) is 0 Å². The maximum Gasteiger partial charge on any atom is 0.325 e. The fourth-order valence-corrected chi connectivity index (χ4v) is 1.31. The molecular weight excluding hydrogens is 210 g/mol. The molecule has 0 amide bonds. The summed E-state index contributed by atoms with van der Waals surface area (Å²) >= 11 is 0. The van der Waals surface area contributed by atoms with Gasteiger partial charge in [0.1, 0.15) is 18.0 Å². The van der Waals surface area contributed by atoms with Gasteiger partial charge in [0.25, 0.3) is 0 Å². The molecule has 0 aliphatic carbocycles. The second kappa shape index (κ2) is 4.01. The first-order valence-electron chi connectivity index (χ1n) is 4.56. The molecule has 2 rings (SSSR count). The summed E-state index contributed by atoms with van der Waals surface area (Å²) < 4.78 is 1.22. The summed E-state index contributed by atoms with van der Waals surface area (Å²) in [6, 6.07) is 6.52. The van der Waals surface area contributed by atoms with Gasteiger partial charge < -0.3 is 10.2 Å². The molecule has 2 aromatic rings. The summed E-state index contributed by atoms with van der Waals surface area (Å²) in [5, 5.41) is 25.3. The first-order valence-corrected chi connectivity index (χ1v) is 4.56. The summed E-state index contributed by atoms with van der Waals surface area (Å²) in [4.78, 5) is 10.4. The minimum absolute atomic E-state index is 0.130. The zero-order valence-corrected chi connectivity index (χ0v) is 8.24. The summed E-state index contributed by atoms with van der Waals surface area (Å²) in [6.45, 7) is -0.230. The zero-order valence-electron chi connectivity index (χ0n) is 8.24. The number of rotatable bonds is 3. The van der Waals surface area contributed by atoms with E-state index >= 15 is 0 Å². The smallest absolute Gasteiger partial charge is 0.325 e. The van der Waals surface area contributed by atoms with Crippen molar-refractivity contribution in [2.75, 3.05) is 0 Å². The summed E-state index contributed by atoms with van der Waals surface area (Å²) in [5.41, 5.74) is 1.22. The van der Waals surface area contributed by atoms with Crippen LogP contribution in [0.3, 0.4) is 0 Å². The largest absolute Gasteiger partial charge is 0.508 e. The van der Waals surface area contributed by atoms with Gasteiger partial charge in [-0.3, -0.25) is 4.79 Å². The minimum atomic E-state index is -0.979. The van der Waals surface area contributed by atoms with Crippen molar-refractivity contribution < 1.29 is 15.0 Å². The Hall–Kier alpha value is -2.37. The standard InChI is InChI=1S/C10H9N3O3/c14-8-3-1-2-7(4-8)9-5-13(12-11-9)6-10(15)16/h1-5,14H,6H2,(H,15,16). The van der Waals surface area contributed by atoms with E-state index in [4.69, 9.17) is 5.11 Å². The molecule has 2 N–H and O–H groups in total. The highest BCUT2D eigenvalue weighted by Gasteiger charge is 2.06. The maximum atomic E-state index is 10.4. The molecule has 16 heavy (non-hydrogen) atoms. The normalized spacial score (nSPS) is 10.2. The van der Waals surface area contributed by atoms with Crippen LogP contribution >= 0.6 is 0 Å². The van der Waals surface area contributed by atoms with Crippen molar-refractivity contribution in [3.05, 3.63) is 30.5 Å². The summed E-state index contributed by atoms with van der Waals surface area (Å²) in [7, 11) is 0. The molecule has 0 fully saturated rings. The number of aromatic hydroxyl groups is 1. The predicted octanol–water partition coefficient (Wildman–Crippen LogP) is 0.735. The van der Waals surface area contributed by atoms with Crippen LogP contribution in [0.1, 0.15) is 0 Å². The van der Waals surface area contributed by atoms with E-state index < -0.39 is 5.97 Å². The summed E-state index contributed by atoms with van der Waals surface area (Å²) in [5.74, 6) is -0.849. The number of aliphatic carboxylic acids is 1. The van der Waals surface area contributed by atoms with Crippen LogP contribution in [0.5, 0.6) is 5.75 Å². The first kappa shape index (κ1) is 10.2. The molecule has 0 unspecified atom stereocenters. The molecule has 0 radical (unpaired) electrons. The Morgan fingerprint density at radius 1 is 1.44 bits per heavy atom. The van der Waals surface area contributed by atoms with E-state index in [1.54, 1.807) is 18.2 Å². The lowest BCUT2D eigenvalue weighted by Crippen LogP contribution is -2.08. The number of hydrogen-bond acceptors (Lipinski definition) is 4. The molecule has 0 bridgehead atoms. The van der Waals surface area contributed by atoms with Crippen LogP contribution in [-0.2, 0) is 11.3 Å². The number of hydrogen-bond donors (Lipinski definition) is 2. The number of carbonyl (C=O) groups is 1. The van der Waals surface area contributed by atoms with Crippen LogP contribution in [0.4, 0.5) is 0 Å². The van der Waals surface area contributed by atoms with Gasteiger partial charge in [0.2, 0.25) is 0 Å². The van der Waals surface area contributed by atoms with E-state index in [-0.39, 0.29) is 12.3 Å². The number of carboxylic acids is 1. The van der Waals surface area contributed by atoms with Gasteiger partial charge in [0.15, 0.2) is 0 Å².